The van der Waals surface area contributed by atoms with Crippen molar-refractivity contribution < 1.29 is 32.3 Å². The lowest BCUT2D eigenvalue weighted by Gasteiger charge is -2.27. The van der Waals surface area contributed by atoms with Gasteiger partial charge in [0.05, 0.1) is 43.2 Å². The number of halogens is 2. The summed E-state index contributed by atoms with van der Waals surface area (Å²) in [5.74, 6) is -0.886. The van der Waals surface area contributed by atoms with Crippen molar-refractivity contribution in [2.45, 2.75) is 32.2 Å². The highest BCUT2D eigenvalue weighted by Crippen LogP contribution is 2.18. The van der Waals surface area contributed by atoms with Crippen LogP contribution in [0.2, 0.25) is 5.02 Å². The standard InChI is InChI=1S/C24H26ClN3O3.CH4O.ClH/c25-19-8-6-17(7-9-19)16-22-20-4-1-2-5-21(20)23(29)28(26-22)13-3-12-27-14-10-18(11-15-27)24(30)31;1-2;/h1-2,4-9,18H,3,10-16H2,(H,30,31);2H,1H3;1H. The number of aliphatic hydroxyl groups excluding tert-OH is 1. The Morgan fingerprint density at radius 3 is 2.32 bits per heavy atom. The van der Waals surface area contributed by atoms with Gasteiger partial charge in [-0.05, 0) is 23.8 Å². The summed E-state index contributed by atoms with van der Waals surface area (Å²) in [6, 6.07) is 15.3. The fourth-order valence-electron chi connectivity index (χ4n) is 4.38. The Morgan fingerprint density at radius 1 is 1.09 bits per heavy atom. The predicted octanol–water partition coefficient (Wildman–Crippen LogP) is -0.977. The van der Waals surface area contributed by atoms with E-state index >= 15 is 0 Å². The monoisotopic (exact) mass is 507 g/mol. The van der Waals surface area contributed by atoms with Crippen molar-refractivity contribution in [3.05, 3.63) is 75.2 Å². The zero-order valence-corrected chi connectivity index (χ0v) is 20.7. The molecule has 0 unspecified atom stereocenters. The largest absolute Gasteiger partial charge is 1.00 e. The van der Waals surface area contributed by atoms with Gasteiger partial charge in [-0.2, -0.15) is 5.10 Å². The van der Waals surface area contributed by atoms with Crippen LogP contribution >= 0.6 is 11.6 Å². The highest BCUT2D eigenvalue weighted by Gasteiger charge is 2.26. The Kier molecular flexibility index (Phi) is 11.0. The summed E-state index contributed by atoms with van der Waals surface area (Å²) in [7, 11) is 1.00. The van der Waals surface area contributed by atoms with E-state index in [2.05, 4.69) is 0 Å². The van der Waals surface area contributed by atoms with E-state index in [9.17, 15) is 9.59 Å². The average molecular weight is 508 g/mol. The van der Waals surface area contributed by atoms with Gasteiger partial charge in [0.15, 0.2) is 0 Å². The van der Waals surface area contributed by atoms with Crippen LogP contribution in [0.15, 0.2) is 53.3 Å². The molecule has 0 bridgehead atoms. The Morgan fingerprint density at radius 2 is 1.71 bits per heavy atom. The molecule has 0 radical (unpaired) electrons. The van der Waals surface area contributed by atoms with Crippen LogP contribution in [0.25, 0.3) is 10.8 Å². The predicted molar refractivity (Wildman–Crippen MR) is 129 cm³/mol. The SMILES string of the molecule is CO.O=C(O)C1CC[NH+](CCCn2nc(Cc3ccc(Cl)cc3)c3ccccc3c2=O)CC1.[Cl-]. The van der Waals surface area contributed by atoms with E-state index in [4.69, 9.17) is 26.9 Å². The van der Waals surface area contributed by atoms with Crippen LogP contribution in [-0.2, 0) is 17.8 Å². The van der Waals surface area contributed by atoms with Crippen LogP contribution in [-0.4, -0.2) is 52.7 Å². The fourth-order valence-corrected chi connectivity index (χ4v) is 4.51. The number of aliphatic hydroxyl groups is 1. The highest BCUT2D eigenvalue weighted by molar-refractivity contribution is 6.30. The molecule has 0 saturated carbocycles. The highest BCUT2D eigenvalue weighted by atomic mass is 35.5. The fraction of sp³-hybridized carbons (Fsp3) is 0.400. The number of likely N-dealkylation sites (tertiary alicyclic amines) is 1. The topological polar surface area (TPSA) is 96.9 Å². The molecule has 4 rings (SSSR count). The number of hydrogen-bond donors (Lipinski definition) is 3. The lowest BCUT2D eigenvalue weighted by Crippen LogP contribution is -3.13. The number of hydrogen-bond acceptors (Lipinski definition) is 4. The summed E-state index contributed by atoms with van der Waals surface area (Å²) >= 11 is 6.01. The summed E-state index contributed by atoms with van der Waals surface area (Å²) in [6.45, 7) is 3.22. The Balaban J connectivity index is 0.00000133. The van der Waals surface area contributed by atoms with Crippen molar-refractivity contribution in [1.82, 2.24) is 9.78 Å². The van der Waals surface area contributed by atoms with Crippen molar-refractivity contribution in [1.29, 1.82) is 0 Å². The van der Waals surface area contributed by atoms with Gasteiger partial charge in [0.2, 0.25) is 0 Å². The summed E-state index contributed by atoms with van der Waals surface area (Å²) in [5.41, 5.74) is 1.92. The van der Waals surface area contributed by atoms with Gasteiger partial charge in [0.1, 0.15) is 0 Å². The molecule has 0 atom stereocenters. The molecule has 1 aromatic heterocycles. The van der Waals surface area contributed by atoms with Crippen LogP contribution in [0.3, 0.4) is 0 Å². The number of fused-ring (bicyclic) bond motifs is 1. The first-order valence-electron chi connectivity index (χ1n) is 11.3. The van der Waals surface area contributed by atoms with E-state index in [0.29, 0.717) is 23.4 Å². The van der Waals surface area contributed by atoms with Crippen LogP contribution in [0.5, 0.6) is 0 Å². The molecule has 2 aromatic carbocycles. The van der Waals surface area contributed by atoms with Crippen molar-refractivity contribution in [2.75, 3.05) is 26.7 Å². The molecule has 34 heavy (non-hydrogen) atoms. The number of aryl methyl sites for hydroxylation is 1. The molecule has 9 heteroatoms. The molecular formula is C25H31Cl2N3O4. The Labute approximate surface area is 210 Å². The van der Waals surface area contributed by atoms with Crippen molar-refractivity contribution in [2.24, 2.45) is 5.92 Å². The lowest BCUT2D eigenvalue weighted by molar-refractivity contribution is -0.906. The van der Waals surface area contributed by atoms with E-state index in [0.717, 1.165) is 62.7 Å². The molecule has 0 spiro atoms. The number of aliphatic carboxylic acids is 1. The second kappa shape index (κ2) is 13.4. The molecule has 1 saturated heterocycles. The first kappa shape index (κ1) is 27.8. The van der Waals surface area contributed by atoms with Gasteiger partial charge in [-0.15, -0.1) is 0 Å². The van der Waals surface area contributed by atoms with Crippen molar-refractivity contribution in [3.8, 4) is 0 Å². The Bertz CT molecular complexity index is 1130. The Hall–Kier alpha value is -2.45. The molecule has 0 aliphatic carbocycles. The number of carbonyl (C=O) groups is 1. The quantitative estimate of drug-likeness (QED) is 0.382. The second-order valence-corrected chi connectivity index (χ2v) is 8.73. The lowest BCUT2D eigenvalue weighted by atomic mass is 9.97. The maximum absolute atomic E-state index is 13.0. The number of rotatable bonds is 7. The number of nitrogens with zero attached hydrogens (tertiary/aromatic N) is 2. The van der Waals surface area contributed by atoms with Crippen LogP contribution in [0.1, 0.15) is 30.5 Å². The van der Waals surface area contributed by atoms with Gasteiger partial charge in [-0.1, -0.05) is 41.9 Å². The number of quaternary nitrogens is 1. The van der Waals surface area contributed by atoms with Crippen LogP contribution < -0.4 is 22.9 Å². The van der Waals surface area contributed by atoms with Gasteiger partial charge in [0, 0.05) is 43.2 Å². The van der Waals surface area contributed by atoms with E-state index < -0.39 is 5.97 Å². The zero-order valence-electron chi connectivity index (χ0n) is 19.2. The van der Waals surface area contributed by atoms with Gasteiger partial charge in [-0.25, -0.2) is 4.68 Å². The molecule has 7 nitrogen and oxygen atoms in total. The molecule has 184 valence electrons. The minimum absolute atomic E-state index is 0. The van der Waals surface area contributed by atoms with Gasteiger partial charge in [0.25, 0.3) is 5.56 Å². The van der Waals surface area contributed by atoms with E-state index in [-0.39, 0.29) is 23.9 Å². The molecule has 1 fully saturated rings. The second-order valence-electron chi connectivity index (χ2n) is 8.29. The maximum Gasteiger partial charge on any atom is 0.306 e. The third kappa shape index (κ3) is 7.03. The number of aromatic nitrogens is 2. The van der Waals surface area contributed by atoms with Crippen molar-refractivity contribution in [3.63, 3.8) is 0 Å². The molecule has 1 aliphatic heterocycles. The van der Waals surface area contributed by atoms with Crippen LogP contribution in [0.4, 0.5) is 0 Å². The third-order valence-electron chi connectivity index (χ3n) is 6.17. The van der Waals surface area contributed by atoms with Gasteiger partial charge < -0.3 is 27.5 Å². The summed E-state index contributed by atoms with van der Waals surface area (Å²) in [6.07, 6.45) is 2.92. The molecule has 3 N–H and O–H groups in total. The molecule has 2 heterocycles. The van der Waals surface area contributed by atoms with Crippen LogP contribution in [0, 0.1) is 5.92 Å². The molecule has 0 amide bonds. The number of benzene rings is 2. The first-order valence-corrected chi connectivity index (χ1v) is 11.6. The van der Waals surface area contributed by atoms with Gasteiger partial charge >= 0.3 is 5.97 Å². The van der Waals surface area contributed by atoms with Gasteiger partial charge in [-0.3, -0.25) is 9.59 Å². The number of piperidine rings is 1. The van der Waals surface area contributed by atoms with Crippen molar-refractivity contribution >= 4 is 28.3 Å². The van der Waals surface area contributed by atoms with E-state index in [1.54, 1.807) is 4.68 Å². The van der Waals surface area contributed by atoms with E-state index in [1.165, 1.54) is 4.90 Å². The van der Waals surface area contributed by atoms with E-state index in [1.807, 2.05) is 48.5 Å². The number of nitrogens with one attached hydrogen (secondary N) is 1. The molecule has 1 aliphatic rings. The minimum atomic E-state index is -0.681. The third-order valence-corrected chi connectivity index (χ3v) is 6.42. The first-order chi connectivity index (χ1) is 16.0. The number of carboxylic acids is 1. The maximum atomic E-state index is 13.0. The molecule has 3 aromatic rings. The average Bonchev–Trinajstić information content (AvgIpc) is 2.85. The number of carboxylic acid groups (broad SMARTS) is 1. The zero-order chi connectivity index (χ0) is 23.8. The summed E-state index contributed by atoms with van der Waals surface area (Å²) in [4.78, 5) is 25.5. The summed E-state index contributed by atoms with van der Waals surface area (Å²) in [5, 5.41) is 23.1. The smallest absolute Gasteiger partial charge is 0.306 e. The normalized spacial score (nSPS) is 17.4. The minimum Gasteiger partial charge on any atom is -1.00 e. The molecular weight excluding hydrogens is 477 g/mol. The summed E-state index contributed by atoms with van der Waals surface area (Å²) < 4.78 is 1.59.